The highest BCUT2D eigenvalue weighted by Gasteiger charge is 2.20. The van der Waals surface area contributed by atoms with Crippen molar-refractivity contribution in [3.8, 4) is 5.69 Å². The molecule has 1 heterocycles. The molecular formula is C14H16F3N3O. The Morgan fingerprint density at radius 3 is 2.19 bits per heavy atom. The van der Waals surface area contributed by atoms with Gasteiger partial charge in [-0.25, -0.2) is 17.9 Å². The number of hydrogen-bond donors (Lipinski definition) is 1. The second-order valence-electron chi connectivity index (χ2n) is 4.67. The second-order valence-corrected chi connectivity index (χ2v) is 4.67. The van der Waals surface area contributed by atoms with Crippen molar-refractivity contribution in [1.82, 2.24) is 9.36 Å². The molecule has 2 N–H and O–H groups in total. The van der Waals surface area contributed by atoms with Crippen molar-refractivity contribution in [2.24, 2.45) is 0 Å². The van der Waals surface area contributed by atoms with Crippen LogP contribution in [0.5, 0.6) is 0 Å². The second kappa shape index (κ2) is 5.67. The molecule has 4 nitrogen and oxygen atoms in total. The zero-order valence-corrected chi connectivity index (χ0v) is 11.8. The van der Waals surface area contributed by atoms with E-state index >= 15 is 0 Å². The maximum Gasteiger partial charge on any atom is 0.294 e. The van der Waals surface area contributed by atoms with Crippen LogP contribution >= 0.6 is 0 Å². The van der Waals surface area contributed by atoms with Crippen LogP contribution in [0.25, 0.3) is 5.69 Å². The highest BCUT2D eigenvalue weighted by atomic mass is 19.2. The van der Waals surface area contributed by atoms with Gasteiger partial charge in [0.25, 0.3) is 5.56 Å². The third-order valence-corrected chi connectivity index (χ3v) is 3.29. The molecule has 2 rings (SSSR count). The molecule has 0 aliphatic carbocycles. The fraction of sp³-hybridized carbons (Fsp3) is 0.357. The standard InChI is InChI=1S/C14H16F3N3O/c1-3-5-11-13(18)14(21)20(19(11)4-2)8-6-9(15)12(17)10(16)7-8/h6-7H,3-5,18H2,1-2H3. The van der Waals surface area contributed by atoms with Crippen LogP contribution in [-0.4, -0.2) is 9.36 Å². The Bertz CT molecular complexity index is 711. The molecule has 0 atom stereocenters. The Labute approximate surface area is 119 Å². The molecule has 0 saturated carbocycles. The summed E-state index contributed by atoms with van der Waals surface area (Å²) >= 11 is 0. The smallest absolute Gasteiger partial charge is 0.294 e. The minimum atomic E-state index is -1.57. The van der Waals surface area contributed by atoms with Crippen molar-refractivity contribution in [2.45, 2.75) is 33.2 Å². The van der Waals surface area contributed by atoms with Gasteiger partial charge < -0.3 is 5.73 Å². The highest BCUT2D eigenvalue weighted by molar-refractivity contribution is 5.46. The van der Waals surface area contributed by atoms with Crippen molar-refractivity contribution in [3.63, 3.8) is 0 Å². The summed E-state index contributed by atoms with van der Waals surface area (Å²) in [5.74, 6) is -4.27. The van der Waals surface area contributed by atoms with Gasteiger partial charge in [-0.2, -0.15) is 0 Å². The molecule has 0 aliphatic heterocycles. The number of nitrogens with two attached hydrogens (primary N) is 1. The van der Waals surface area contributed by atoms with Gasteiger partial charge in [-0.3, -0.25) is 9.48 Å². The van der Waals surface area contributed by atoms with Gasteiger partial charge in [-0.1, -0.05) is 13.3 Å². The summed E-state index contributed by atoms with van der Waals surface area (Å²) in [4.78, 5) is 12.2. The zero-order valence-electron chi connectivity index (χ0n) is 11.8. The molecule has 0 aliphatic rings. The summed E-state index contributed by atoms with van der Waals surface area (Å²) in [5.41, 5.74) is 5.79. The monoisotopic (exact) mass is 299 g/mol. The van der Waals surface area contributed by atoms with Gasteiger partial charge in [0.05, 0.1) is 11.4 Å². The maximum atomic E-state index is 13.4. The molecule has 7 heteroatoms. The number of nitrogen functional groups attached to an aromatic ring is 1. The van der Waals surface area contributed by atoms with Gasteiger partial charge >= 0.3 is 0 Å². The summed E-state index contributed by atoms with van der Waals surface area (Å²) < 4.78 is 42.4. The number of aromatic nitrogens is 2. The topological polar surface area (TPSA) is 53.0 Å². The van der Waals surface area contributed by atoms with Crippen molar-refractivity contribution in [3.05, 3.63) is 45.6 Å². The van der Waals surface area contributed by atoms with Gasteiger partial charge in [0.15, 0.2) is 17.5 Å². The number of anilines is 1. The lowest BCUT2D eigenvalue weighted by Gasteiger charge is -2.13. The third kappa shape index (κ3) is 2.43. The van der Waals surface area contributed by atoms with Crippen LogP contribution in [0.3, 0.4) is 0 Å². The predicted molar refractivity (Wildman–Crippen MR) is 74.0 cm³/mol. The molecule has 1 aromatic carbocycles. The highest BCUT2D eigenvalue weighted by Crippen LogP contribution is 2.19. The van der Waals surface area contributed by atoms with Crippen LogP contribution in [0, 0.1) is 17.5 Å². The summed E-state index contributed by atoms with van der Waals surface area (Å²) in [5, 5.41) is 0. The lowest BCUT2D eigenvalue weighted by molar-refractivity contribution is 0.443. The lowest BCUT2D eigenvalue weighted by atomic mass is 10.2. The maximum absolute atomic E-state index is 13.4. The van der Waals surface area contributed by atoms with Gasteiger partial charge in [0, 0.05) is 18.7 Å². The quantitative estimate of drug-likeness (QED) is 0.882. The van der Waals surface area contributed by atoms with Crippen molar-refractivity contribution < 1.29 is 13.2 Å². The van der Waals surface area contributed by atoms with E-state index in [0.29, 0.717) is 18.7 Å². The lowest BCUT2D eigenvalue weighted by Crippen LogP contribution is -2.22. The first-order chi connectivity index (χ1) is 9.92. The molecule has 0 bridgehead atoms. The van der Waals surface area contributed by atoms with Gasteiger partial charge in [0.2, 0.25) is 0 Å². The van der Waals surface area contributed by atoms with Gasteiger partial charge in [-0.15, -0.1) is 0 Å². The average molecular weight is 299 g/mol. The fourth-order valence-electron chi connectivity index (χ4n) is 2.36. The van der Waals surface area contributed by atoms with E-state index in [9.17, 15) is 18.0 Å². The molecule has 21 heavy (non-hydrogen) atoms. The normalized spacial score (nSPS) is 11.1. The van der Waals surface area contributed by atoms with Crippen LogP contribution in [0.2, 0.25) is 0 Å². The Morgan fingerprint density at radius 2 is 1.71 bits per heavy atom. The van der Waals surface area contributed by atoms with Crippen LogP contribution in [0.4, 0.5) is 18.9 Å². The number of hydrogen-bond acceptors (Lipinski definition) is 2. The number of benzene rings is 1. The van der Waals surface area contributed by atoms with Crippen LogP contribution in [0.1, 0.15) is 26.0 Å². The zero-order chi connectivity index (χ0) is 15.7. The number of halogens is 3. The molecule has 0 radical (unpaired) electrons. The van der Waals surface area contributed by atoms with Gasteiger partial charge in [0.1, 0.15) is 5.69 Å². The number of rotatable bonds is 4. The minimum Gasteiger partial charge on any atom is -0.393 e. The minimum absolute atomic E-state index is 0.0452. The molecule has 0 fully saturated rings. The molecule has 0 spiro atoms. The third-order valence-electron chi connectivity index (χ3n) is 3.29. The summed E-state index contributed by atoms with van der Waals surface area (Å²) in [6.07, 6.45) is 1.33. The van der Waals surface area contributed by atoms with E-state index in [-0.39, 0.29) is 11.4 Å². The predicted octanol–water partition coefficient (Wildman–Crippen LogP) is 2.61. The summed E-state index contributed by atoms with van der Waals surface area (Å²) in [7, 11) is 0. The molecular weight excluding hydrogens is 283 g/mol. The average Bonchev–Trinajstić information content (AvgIpc) is 2.69. The molecule has 2 aromatic rings. The van der Waals surface area contributed by atoms with E-state index in [2.05, 4.69) is 0 Å². The van der Waals surface area contributed by atoms with E-state index in [1.54, 1.807) is 11.6 Å². The van der Waals surface area contributed by atoms with E-state index in [0.717, 1.165) is 23.2 Å². The van der Waals surface area contributed by atoms with Crippen molar-refractivity contribution in [2.75, 3.05) is 5.73 Å². The van der Waals surface area contributed by atoms with Crippen LogP contribution in [-0.2, 0) is 13.0 Å². The van der Waals surface area contributed by atoms with Crippen LogP contribution in [0.15, 0.2) is 16.9 Å². The van der Waals surface area contributed by atoms with E-state index in [4.69, 9.17) is 5.73 Å². The Hall–Kier alpha value is -2.18. The number of nitrogens with zero attached hydrogens (tertiary/aromatic N) is 2. The molecule has 0 amide bonds. The Morgan fingerprint density at radius 1 is 1.14 bits per heavy atom. The molecule has 0 saturated heterocycles. The van der Waals surface area contributed by atoms with E-state index in [1.807, 2.05) is 6.92 Å². The molecule has 0 unspecified atom stereocenters. The van der Waals surface area contributed by atoms with E-state index in [1.165, 1.54) is 0 Å². The first-order valence-electron chi connectivity index (χ1n) is 6.67. The van der Waals surface area contributed by atoms with Crippen molar-refractivity contribution in [1.29, 1.82) is 0 Å². The first-order valence-corrected chi connectivity index (χ1v) is 6.67. The Balaban J connectivity index is 2.75. The summed E-state index contributed by atoms with van der Waals surface area (Å²) in [6.45, 7) is 4.10. The van der Waals surface area contributed by atoms with Gasteiger partial charge in [-0.05, 0) is 13.3 Å². The largest absolute Gasteiger partial charge is 0.393 e. The van der Waals surface area contributed by atoms with Crippen LogP contribution < -0.4 is 11.3 Å². The van der Waals surface area contributed by atoms with Crippen molar-refractivity contribution >= 4 is 5.69 Å². The SMILES string of the molecule is CCCc1c(N)c(=O)n(-c2cc(F)c(F)c(F)c2)n1CC. The van der Waals surface area contributed by atoms with E-state index < -0.39 is 23.0 Å². The fourth-order valence-corrected chi connectivity index (χ4v) is 2.36. The molecule has 114 valence electrons. The molecule has 1 aromatic heterocycles. The Kier molecular flexibility index (Phi) is 4.11. The summed E-state index contributed by atoms with van der Waals surface area (Å²) in [6, 6.07) is 1.56. The first kappa shape index (κ1) is 15.2.